The molecule has 1 aromatic heterocycles. The van der Waals surface area contributed by atoms with Gasteiger partial charge in [0.05, 0.1) is 30.2 Å². The van der Waals surface area contributed by atoms with E-state index < -0.39 is 17.7 Å². The van der Waals surface area contributed by atoms with Crippen molar-refractivity contribution in [2.75, 3.05) is 13.1 Å². The molecule has 1 saturated heterocycles. The molecule has 33 heavy (non-hydrogen) atoms. The van der Waals surface area contributed by atoms with Gasteiger partial charge in [0.25, 0.3) is 0 Å². The van der Waals surface area contributed by atoms with Crippen LogP contribution >= 0.6 is 0 Å². The minimum Gasteiger partial charge on any atom is -0.480 e. The summed E-state index contributed by atoms with van der Waals surface area (Å²) in [5.74, 6) is -1.10. The highest BCUT2D eigenvalue weighted by molar-refractivity contribution is 5.81. The van der Waals surface area contributed by atoms with Gasteiger partial charge in [0, 0.05) is 18.5 Å². The molecular formula is C25H30N4O4. The Hall–Kier alpha value is -3.23. The number of fused-ring (bicyclic) bond motifs is 1. The van der Waals surface area contributed by atoms with Crippen molar-refractivity contribution in [1.82, 2.24) is 20.0 Å². The molecule has 3 N–H and O–H groups in total. The molecule has 2 heterocycles. The first-order chi connectivity index (χ1) is 15.7. The van der Waals surface area contributed by atoms with Gasteiger partial charge in [-0.25, -0.2) is 0 Å². The number of hydrogen-bond donors (Lipinski definition) is 3. The van der Waals surface area contributed by atoms with Crippen molar-refractivity contribution in [1.29, 1.82) is 0 Å². The van der Waals surface area contributed by atoms with Crippen molar-refractivity contribution in [2.24, 2.45) is 0 Å². The Balaban J connectivity index is 1.52. The third-order valence-corrected chi connectivity index (χ3v) is 6.53. The molecule has 0 aliphatic carbocycles. The van der Waals surface area contributed by atoms with Crippen LogP contribution in [0.5, 0.6) is 0 Å². The number of amides is 1. The fourth-order valence-corrected chi connectivity index (χ4v) is 4.81. The number of nitrogens with one attached hydrogen (secondary N) is 1. The Morgan fingerprint density at radius 1 is 1.18 bits per heavy atom. The highest BCUT2D eigenvalue weighted by atomic mass is 16.4. The molecule has 8 heteroatoms. The second-order valence-corrected chi connectivity index (χ2v) is 9.29. The van der Waals surface area contributed by atoms with Gasteiger partial charge in [-0.2, -0.15) is 5.10 Å². The van der Waals surface area contributed by atoms with E-state index in [2.05, 4.69) is 16.3 Å². The van der Waals surface area contributed by atoms with Crippen LogP contribution in [-0.4, -0.2) is 66.9 Å². The molecule has 174 valence electrons. The Bertz CT molecular complexity index is 1170. The molecule has 2 aromatic carbocycles. The number of carbonyl (C=O) groups is 2. The highest BCUT2D eigenvalue weighted by Crippen LogP contribution is 2.36. The van der Waals surface area contributed by atoms with E-state index in [4.69, 9.17) is 0 Å². The summed E-state index contributed by atoms with van der Waals surface area (Å²) in [6.45, 7) is 6.27. The Labute approximate surface area is 192 Å². The molecule has 8 nitrogen and oxygen atoms in total. The van der Waals surface area contributed by atoms with E-state index in [1.807, 2.05) is 51.1 Å². The summed E-state index contributed by atoms with van der Waals surface area (Å²) in [6, 6.07) is 11.8. The van der Waals surface area contributed by atoms with Gasteiger partial charge in [-0.1, -0.05) is 41.5 Å². The molecule has 2 atom stereocenters. The largest absolute Gasteiger partial charge is 0.480 e. The maximum atomic E-state index is 13.1. The molecule has 0 radical (unpaired) electrons. The molecule has 1 aliphatic heterocycles. The number of hydrogen-bond acceptors (Lipinski definition) is 5. The Morgan fingerprint density at radius 2 is 1.91 bits per heavy atom. The summed E-state index contributed by atoms with van der Waals surface area (Å²) in [6.07, 6.45) is 1.45. The number of aliphatic carboxylic acids is 1. The second-order valence-electron chi connectivity index (χ2n) is 9.29. The minimum atomic E-state index is -1.12. The molecule has 2 unspecified atom stereocenters. The van der Waals surface area contributed by atoms with Gasteiger partial charge in [-0.15, -0.1) is 0 Å². The summed E-state index contributed by atoms with van der Waals surface area (Å²) in [5.41, 5.74) is 3.98. The predicted molar refractivity (Wildman–Crippen MR) is 125 cm³/mol. The smallest absolute Gasteiger partial charge is 0.317 e. The molecule has 0 saturated carbocycles. The zero-order chi connectivity index (χ0) is 23.8. The van der Waals surface area contributed by atoms with E-state index in [0.29, 0.717) is 13.0 Å². The first-order valence-corrected chi connectivity index (χ1v) is 11.1. The molecule has 1 amide bonds. The number of carboxylic acids is 1. The number of aliphatic hydroxyl groups is 1. The van der Waals surface area contributed by atoms with E-state index >= 15 is 0 Å². The van der Waals surface area contributed by atoms with Gasteiger partial charge in [0.15, 0.2) is 0 Å². The van der Waals surface area contributed by atoms with Crippen LogP contribution in [0, 0.1) is 13.8 Å². The third kappa shape index (κ3) is 4.77. The van der Waals surface area contributed by atoms with Crippen LogP contribution in [0.15, 0.2) is 42.6 Å². The number of likely N-dealkylation sites (tertiary alicyclic amines) is 1. The number of aryl methyl sites for hydroxylation is 2. The van der Waals surface area contributed by atoms with Gasteiger partial charge in [0.1, 0.15) is 6.23 Å². The van der Waals surface area contributed by atoms with Gasteiger partial charge >= 0.3 is 5.97 Å². The number of aromatic nitrogens is 2. The lowest BCUT2D eigenvalue weighted by Crippen LogP contribution is -2.70. The van der Waals surface area contributed by atoms with E-state index in [-0.39, 0.29) is 25.4 Å². The zero-order valence-electron chi connectivity index (χ0n) is 19.2. The highest BCUT2D eigenvalue weighted by Gasteiger charge is 2.50. The molecule has 0 spiro atoms. The maximum absolute atomic E-state index is 13.1. The van der Waals surface area contributed by atoms with Crippen molar-refractivity contribution in [3.8, 4) is 0 Å². The lowest BCUT2D eigenvalue weighted by atomic mass is 9.83. The monoisotopic (exact) mass is 450 g/mol. The number of aromatic amines is 1. The van der Waals surface area contributed by atoms with E-state index in [0.717, 1.165) is 33.2 Å². The standard InChI is InChI=1S/C25H30N4O4/c1-16-8-17(2)10-19(9-16)12-22(30)29-7-6-25(29,3)24(33)28(15-23(31)32)14-18-4-5-20-13-26-27-21(20)11-18/h4-5,8-11,13,24,33H,6-7,12,14-15H2,1-3H3,(H,26,27)(H,31,32). The molecule has 3 aromatic rings. The van der Waals surface area contributed by atoms with Crippen LogP contribution in [0.2, 0.25) is 0 Å². The van der Waals surface area contributed by atoms with Crippen LogP contribution in [0.3, 0.4) is 0 Å². The second kappa shape index (κ2) is 8.96. The maximum Gasteiger partial charge on any atom is 0.317 e. The van der Waals surface area contributed by atoms with Crippen LogP contribution in [0.25, 0.3) is 10.9 Å². The molecule has 1 fully saturated rings. The zero-order valence-corrected chi connectivity index (χ0v) is 19.2. The number of nitrogens with zero attached hydrogens (tertiary/aromatic N) is 3. The lowest BCUT2D eigenvalue weighted by Gasteiger charge is -2.55. The van der Waals surface area contributed by atoms with E-state index in [1.165, 1.54) is 4.90 Å². The Morgan fingerprint density at radius 3 is 2.55 bits per heavy atom. The van der Waals surface area contributed by atoms with Crippen molar-refractivity contribution >= 4 is 22.8 Å². The normalized spacial score (nSPS) is 19.0. The summed E-state index contributed by atoms with van der Waals surface area (Å²) in [4.78, 5) is 27.9. The van der Waals surface area contributed by atoms with Crippen LogP contribution < -0.4 is 0 Å². The van der Waals surface area contributed by atoms with Gasteiger partial charge in [-0.05, 0) is 44.4 Å². The van der Waals surface area contributed by atoms with Gasteiger partial charge in [0.2, 0.25) is 5.91 Å². The van der Waals surface area contributed by atoms with Crippen LogP contribution in [0.1, 0.15) is 35.6 Å². The molecule has 4 rings (SSSR count). The summed E-state index contributed by atoms with van der Waals surface area (Å²) in [5, 5.41) is 28.7. The van der Waals surface area contributed by atoms with Gasteiger partial charge < -0.3 is 15.1 Å². The van der Waals surface area contributed by atoms with Crippen molar-refractivity contribution in [3.05, 3.63) is 64.8 Å². The van der Waals surface area contributed by atoms with E-state index in [1.54, 1.807) is 11.1 Å². The van der Waals surface area contributed by atoms with Crippen LogP contribution in [0.4, 0.5) is 0 Å². The fraction of sp³-hybridized carbons (Fsp3) is 0.400. The fourth-order valence-electron chi connectivity index (χ4n) is 4.81. The van der Waals surface area contributed by atoms with E-state index in [9.17, 15) is 19.8 Å². The topological polar surface area (TPSA) is 110 Å². The summed E-state index contributed by atoms with van der Waals surface area (Å²) < 4.78 is 0. The first-order valence-electron chi connectivity index (χ1n) is 11.1. The van der Waals surface area contributed by atoms with Crippen molar-refractivity contribution in [3.63, 3.8) is 0 Å². The van der Waals surface area contributed by atoms with Crippen molar-refractivity contribution in [2.45, 2.75) is 51.9 Å². The number of benzene rings is 2. The lowest BCUT2D eigenvalue weighted by molar-refractivity contribution is -0.180. The quantitative estimate of drug-likeness (QED) is 0.455. The average Bonchev–Trinajstić information content (AvgIpc) is 3.18. The number of H-pyrrole nitrogens is 1. The number of aliphatic hydroxyl groups excluding tert-OH is 1. The molecule has 1 aliphatic rings. The third-order valence-electron chi connectivity index (χ3n) is 6.53. The van der Waals surface area contributed by atoms with Crippen LogP contribution in [-0.2, 0) is 22.6 Å². The summed E-state index contributed by atoms with van der Waals surface area (Å²) in [7, 11) is 0. The number of rotatable bonds is 8. The molecule has 0 bridgehead atoms. The molecular weight excluding hydrogens is 420 g/mol. The number of carboxylic acid groups (broad SMARTS) is 1. The average molecular weight is 451 g/mol. The van der Waals surface area contributed by atoms with Gasteiger partial charge in [-0.3, -0.25) is 19.6 Å². The first kappa shape index (κ1) is 22.9. The SMILES string of the molecule is Cc1cc(C)cc(CC(=O)N2CCC2(C)C(O)N(CC(=O)O)Cc2ccc3cn[nH]c3c2)c1. The predicted octanol–water partition coefficient (Wildman–Crippen LogP) is 2.62. The van der Waals surface area contributed by atoms with Crippen molar-refractivity contribution < 1.29 is 19.8 Å². The number of carbonyl (C=O) groups excluding carboxylic acids is 1. The summed E-state index contributed by atoms with van der Waals surface area (Å²) >= 11 is 0. The minimum absolute atomic E-state index is 0.0676. The Kier molecular flexibility index (Phi) is 6.23.